The smallest absolute Gasteiger partial charge is 0.217 e. The molecule has 122 valence electrons. The molecule has 0 bridgehead atoms. The first-order chi connectivity index (χ1) is 11.5. The number of hydrogen-bond acceptors (Lipinski definition) is 4. The second kappa shape index (κ2) is 5.72. The molecule has 1 aromatic heterocycles. The average Bonchev–Trinajstić information content (AvgIpc) is 3.17. The molecule has 3 aromatic rings. The van der Waals surface area contributed by atoms with E-state index in [4.69, 9.17) is 4.74 Å². The molecule has 0 fully saturated rings. The highest BCUT2D eigenvalue weighted by molar-refractivity contribution is 7.19. The van der Waals surface area contributed by atoms with Crippen molar-refractivity contribution in [1.29, 1.82) is 0 Å². The largest absolute Gasteiger partial charge is 0.475 e. The molecular weight excluding hydrogens is 318 g/mol. The van der Waals surface area contributed by atoms with Gasteiger partial charge in [0, 0.05) is 15.1 Å². The van der Waals surface area contributed by atoms with Crippen molar-refractivity contribution in [3.05, 3.63) is 70.6 Å². The Hall–Kier alpha value is -2.17. The van der Waals surface area contributed by atoms with Gasteiger partial charge in [-0.1, -0.05) is 36.4 Å². The molecule has 4 heteroatoms. The van der Waals surface area contributed by atoms with Crippen molar-refractivity contribution in [3.63, 3.8) is 0 Å². The van der Waals surface area contributed by atoms with Crippen LogP contribution < -0.4 is 0 Å². The molecule has 24 heavy (non-hydrogen) atoms. The fraction of sp³-hybridized carbons (Fsp3) is 0.250. The molecule has 0 amide bonds. The minimum absolute atomic E-state index is 0.217. The van der Waals surface area contributed by atoms with E-state index in [1.54, 1.807) is 11.3 Å². The van der Waals surface area contributed by atoms with Crippen molar-refractivity contribution in [2.24, 2.45) is 4.99 Å². The zero-order chi connectivity index (χ0) is 16.7. The summed E-state index contributed by atoms with van der Waals surface area (Å²) in [5.74, 6) is 0.621. The molecule has 0 saturated heterocycles. The lowest BCUT2D eigenvalue weighted by atomic mass is 10.0. The molecule has 1 aliphatic heterocycles. The number of aliphatic imine (C=N–C) groups is 1. The highest BCUT2D eigenvalue weighted by Gasteiger charge is 2.29. The fourth-order valence-electron chi connectivity index (χ4n) is 2.94. The van der Waals surface area contributed by atoms with Gasteiger partial charge in [-0.15, -0.1) is 11.3 Å². The second-order valence-corrected chi connectivity index (χ2v) is 7.81. The summed E-state index contributed by atoms with van der Waals surface area (Å²) in [6.07, 6.45) is -0.686. The van der Waals surface area contributed by atoms with Crippen LogP contribution in [0.15, 0.2) is 59.6 Å². The van der Waals surface area contributed by atoms with Gasteiger partial charge in [-0.2, -0.15) is 0 Å². The number of aliphatic hydroxyl groups is 1. The molecule has 0 unspecified atom stereocenters. The lowest BCUT2D eigenvalue weighted by Gasteiger charge is -2.14. The SMILES string of the molecule is CC1(C)COC(c2ccccc2[C@@H](O)c2cc3ccccc3s2)=N1. The third-order valence-electron chi connectivity index (χ3n) is 4.17. The molecule has 4 rings (SSSR count). The van der Waals surface area contributed by atoms with Gasteiger partial charge < -0.3 is 9.84 Å². The molecule has 0 saturated carbocycles. The summed E-state index contributed by atoms with van der Waals surface area (Å²) >= 11 is 1.62. The maximum absolute atomic E-state index is 11.0. The van der Waals surface area contributed by atoms with Crippen LogP contribution in [0.25, 0.3) is 10.1 Å². The van der Waals surface area contributed by atoms with Crippen LogP contribution in [-0.4, -0.2) is 23.2 Å². The van der Waals surface area contributed by atoms with E-state index in [-0.39, 0.29) is 5.54 Å². The number of benzene rings is 2. The van der Waals surface area contributed by atoms with Crippen molar-refractivity contribution in [3.8, 4) is 0 Å². The van der Waals surface area contributed by atoms with E-state index in [0.717, 1.165) is 21.4 Å². The van der Waals surface area contributed by atoms with Gasteiger partial charge in [-0.3, -0.25) is 0 Å². The number of ether oxygens (including phenoxy) is 1. The molecule has 2 aromatic carbocycles. The maximum Gasteiger partial charge on any atom is 0.217 e. The van der Waals surface area contributed by atoms with Crippen molar-refractivity contribution in [2.75, 3.05) is 6.61 Å². The zero-order valence-electron chi connectivity index (χ0n) is 13.7. The number of aliphatic hydroxyl groups excluding tert-OH is 1. The lowest BCUT2D eigenvalue weighted by Crippen LogP contribution is -2.17. The highest BCUT2D eigenvalue weighted by Crippen LogP contribution is 2.35. The average molecular weight is 337 g/mol. The molecule has 0 radical (unpaired) electrons. The van der Waals surface area contributed by atoms with Gasteiger partial charge in [0.05, 0.1) is 5.54 Å². The first-order valence-corrected chi connectivity index (χ1v) is 8.84. The summed E-state index contributed by atoms with van der Waals surface area (Å²) < 4.78 is 6.96. The van der Waals surface area contributed by atoms with Crippen molar-refractivity contribution >= 4 is 27.3 Å². The molecule has 1 aliphatic rings. The van der Waals surface area contributed by atoms with E-state index in [9.17, 15) is 5.11 Å². The summed E-state index contributed by atoms with van der Waals surface area (Å²) in [5, 5.41) is 12.1. The van der Waals surface area contributed by atoms with Crippen LogP contribution in [0.2, 0.25) is 0 Å². The molecule has 2 heterocycles. The summed E-state index contributed by atoms with van der Waals surface area (Å²) in [7, 11) is 0. The van der Waals surface area contributed by atoms with E-state index in [1.165, 1.54) is 4.70 Å². The first-order valence-electron chi connectivity index (χ1n) is 8.02. The molecule has 1 atom stereocenters. The van der Waals surface area contributed by atoms with Gasteiger partial charge in [0.15, 0.2) is 0 Å². The molecular formula is C20H19NO2S. The van der Waals surface area contributed by atoms with Crippen LogP contribution in [0.5, 0.6) is 0 Å². The fourth-order valence-corrected chi connectivity index (χ4v) is 4.01. The van der Waals surface area contributed by atoms with Gasteiger partial charge in [0.2, 0.25) is 5.90 Å². The third kappa shape index (κ3) is 2.72. The maximum atomic E-state index is 11.0. The van der Waals surface area contributed by atoms with Gasteiger partial charge in [-0.05, 0) is 43.0 Å². The van der Waals surface area contributed by atoms with Gasteiger partial charge in [0.1, 0.15) is 12.7 Å². The zero-order valence-corrected chi connectivity index (χ0v) is 14.5. The Bertz CT molecular complexity index is 893. The summed E-state index contributed by atoms with van der Waals surface area (Å²) in [6, 6.07) is 18.0. The Morgan fingerprint density at radius 3 is 2.62 bits per heavy atom. The number of fused-ring (bicyclic) bond motifs is 1. The second-order valence-electron chi connectivity index (χ2n) is 6.69. The Kier molecular flexibility index (Phi) is 3.66. The predicted molar refractivity (Wildman–Crippen MR) is 98.9 cm³/mol. The topological polar surface area (TPSA) is 41.8 Å². The van der Waals surface area contributed by atoms with Crippen LogP contribution in [0.4, 0.5) is 0 Å². The number of hydrogen-bond donors (Lipinski definition) is 1. The van der Waals surface area contributed by atoms with Crippen LogP contribution in [0.1, 0.15) is 36.0 Å². The van der Waals surface area contributed by atoms with Gasteiger partial charge >= 0.3 is 0 Å². The molecule has 0 spiro atoms. The first kappa shape index (κ1) is 15.4. The monoisotopic (exact) mass is 337 g/mol. The number of rotatable bonds is 3. The normalized spacial score (nSPS) is 17.5. The minimum Gasteiger partial charge on any atom is -0.475 e. The van der Waals surface area contributed by atoms with Gasteiger partial charge in [0.25, 0.3) is 0 Å². The number of thiophene rings is 1. The van der Waals surface area contributed by atoms with Crippen LogP contribution in [-0.2, 0) is 4.74 Å². The van der Waals surface area contributed by atoms with Crippen LogP contribution in [0, 0.1) is 0 Å². The van der Waals surface area contributed by atoms with Gasteiger partial charge in [-0.25, -0.2) is 4.99 Å². The van der Waals surface area contributed by atoms with Crippen LogP contribution >= 0.6 is 11.3 Å². The summed E-state index contributed by atoms with van der Waals surface area (Å²) in [4.78, 5) is 5.59. The highest BCUT2D eigenvalue weighted by atomic mass is 32.1. The van der Waals surface area contributed by atoms with Crippen molar-refractivity contribution in [2.45, 2.75) is 25.5 Å². The summed E-state index contributed by atoms with van der Waals surface area (Å²) in [6.45, 7) is 4.66. The van der Waals surface area contributed by atoms with E-state index in [0.29, 0.717) is 12.5 Å². The Morgan fingerprint density at radius 1 is 1.12 bits per heavy atom. The van der Waals surface area contributed by atoms with E-state index in [1.807, 2.05) is 50.2 Å². The predicted octanol–water partition coefficient (Wildman–Crippen LogP) is 4.54. The Labute approximate surface area is 145 Å². The lowest BCUT2D eigenvalue weighted by molar-refractivity contribution is 0.223. The van der Waals surface area contributed by atoms with E-state index >= 15 is 0 Å². The van der Waals surface area contributed by atoms with Crippen molar-refractivity contribution < 1.29 is 9.84 Å². The third-order valence-corrected chi connectivity index (χ3v) is 5.33. The standard InChI is InChI=1S/C20H19NO2S/c1-20(2)12-23-19(21-20)15-9-5-4-8-14(15)18(22)17-11-13-7-3-6-10-16(13)24-17/h3-11,18,22H,12H2,1-2H3/t18-/m1/s1. The Balaban J connectivity index is 1.76. The van der Waals surface area contributed by atoms with E-state index < -0.39 is 6.10 Å². The molecule has 1 N–H and O–H groups in total. The minimum atomic E-state index is -0.686. The Morgan fingerprint density at radius 2 is 1.88 bits per heavy atom. The molecule has 0 aliphatic carbocycles. The quantitative estimate of drug-likeness (QED) is 0.762. The summed E-state index contributed by atoms with van der Waals surface area (Å²) in [5.41, 5.74) is 1.49. The van der Waals surface area contributed by atoms with Crippen molar-refractivity contribution in [1.82, 2.24) is 0 Å². The van der Waals surface area contributed by atoms with Crippen LogP contribution in [0.3, 0.4) is 0 Å². The number of nitrogens with zero attached hydrogens (tertiary/aromatic N) is 1. The molecule has 3 nitrogen and oxygen atoms in total. The van der Waals surface area contributed by atoms with E-state index in [2.05, 4.69) is 23.2 Å².